The maximum absolute atomic E-state index is 11.7. The van der Waals surface area contributed by atoms with E-state index in [0.717, 1.165) is 6.42 Å². The first-order chi connectivity index (χ1) is 7.00. The minimum Gasteiger partial charge on any atom is -0.354 e. The Hall–Kier alpha value is -0.870. The average Bonchev–Trinajstić information content (AvgIpc) is 2.60. The van der Waals surface area contributed by atoms with Gasteiger partial charge in [-0.25, -0.2) is 0 Å². The minimum atomic E-state index is -0.0330. The molecule has 4 heteroatoms. The zero-order valence-electron chi connectivity index (χ0n) is 9.73. The van der Waals surface area contributed by atoms with Crippen LogP contribution in [-0.4, -0.2) is 43.5 Å². The van der Waals surface area contributed by atoms with Gasteiger partial charge in [-0.15, -0.1) is 0 Å². The summed E-state index contributed by atoms with van der Waals surface area (Å²) in [6, 6.07) is 0.403. The molecule has 0 saturated carbocycles. The number of carbonyl (C=O) groups excluding carboxylic acids is 1. The third-order valence-electron chi connectivity index (χ3n) is 2.91. The predicted molar refractivity (Wildman–Crippen MR) is 61.4 cm³/mol. The average molecular weight is 211 g/mol. The topological polar surface area (TPSA) is 58.4 Å². The zero-order valence-corrected chi connectivity index (χ0v) is 9.73. The van der Waals surface area contributed by atoms with Crippen molar-refractivity contribution in [3.05, 3.63) is 12.2 Å². The largest absolute Gasteiger partial charge is 0.354 e. The van der Waals surface area contributed by atoms with E-state index in [-0.39, 0.29) is 17.9 Å². The number of nitrogens with two attached hydrogens (primary N) is 1. The lowest BCUT2D eigenvalue weighted by atomic mass is 10.1. The Morgan fingerprint density at radius 2 is 2.27 bits per heavy atom. The minimum absolute atomic E-state index is 0.0330. The summed E-state index contributed by atoms with van der Waals surface area (Å²) in [5.41, 5.74) is 5.69. The van der Waals surface area contributed by atoms with Crippen molar-refractivity contribution in [1.29, 1.82) is 0 Å². The van der Waals surface area contributed by atoms with Crippen LogP contribution in [0.25, 0.3) is 0 Å². The summed E-state index contributed by atoms with van der Waals surface area (Å²) in [5.74, 6) is 0.0577. The summed E-state index contributed by atoms with van der Waals surface area (Å²) in [6.07, 6.45) is 4.54. The van der Waals surface area contributed by atoms with Crippen LogP contribution in [0.2, 0.25) is 0 Å². The number of amides is 1. The van der Waals surface area contributed by atoms with Gasteiger partial charge in [-0.05, 0) is 27.4 Å². The van der Waals surface area contributed by atoms with Crippen molar-refractivity contribution in [3.63, 3.8) is 0 Å². The SMILES string of the molecule is CC(CNC(=O)C1C=CC(N)C1)N(C)C. The molecule has 0 aliphatic heterocycles. The lowest BCUT2D eigenvalue weighted by molar-refractivity contribution is -0.123. The summed E-state index contributed by atoms with van der Waals surface area (Å²) in [4.78, 5) is 13.8. The molecule has 0 aromatic rings. The van der Waals surface area contributed by atoms with Crippen LogP contribution >= 0.6 is 0 Å². The van der Waals surface area contributed by atoms with E-state index in [9.17, 15) is 4.79 Å². The summed E-state index contributed by atoms with van der Waals surface area (Å²) in [5, 5.41) is 2.94. The molecule has 3 atom stereocenters. The van der Waals surface area contributed by atoms with E-state index in [1.165, 1.54) is 0 Å². The van der Waals surface area contributed by atoms with Gasteiger partial charge in [-0.1, -0.05) is 12.2 Å². The number of hydrogen-bond acceptors (Lipinski definition) is 3. The van der Waals surface area contributed by atoms with Crippen LogP contribution in [0, 0.1) is 5.92 Å². The molecule has 1 aliphatic carbocycles. The second-order valence-electron chi connectivity index (χ2n) is 4.45. The van der Waals surface area contributed by atoms with Crippen LogP contribution in [0.5, 0.6) is 0 Å². The fourth-order valence-corrected chi connectivity index (χ4v) is 1.48. The van der Waals surface area contributed by atoms with E-state index in [1.807, 2.05) is 26.2 Å². The first kappa shape index (κ1) is 12.2. The highest BCUT2D eigenvalue weighted by molar-refractivity contribution is 5.81. The third-order valence-corrected chi connectivity index (χ3v) is 2.91. The Morgan fingerprint density at radius 1 is 1.60 bits per heavy atom. The predicted octanol–water partition coefficient (Wildman–Crippen LogP) is -0.0439. The van der Waals surface area contributed by atoms with Gasteiger partial charge in [0, 0.05) is 18.6 Å². The highest BCUT2D eigenvalue weighted by Crippen LogP contribution is 2.16. The standard InChI is InChI=1S/C11H21N3O/c1-8(14(2)3)7-13-11(15)9-4-5-10(12)6-9/h4-5,8-10H,6-7,12H2,1-3H3,(H,13,15). The van der Waals surface area contributed by atoms with Crippen molar-refractivity contribution >= 4 is 5.91 Å². The van der Waals surface area contributed by atoms with E-state index >= 15 is 0 Å². The number of carbonyl (C=O) groups is 1. The van der Waals surface area contributed by atoms with Gasteiger partial charge in [0.15, 0.2) is 0 Å². The van der Waals surface area contributed by atoms with Crippen molar-refractivity contribution in [2.75, 3.05) is 20.6 Å². The van der Waals surface area contributed by atoms with Crippen LogP contribution in [0.15, 0.2) is 12.2 Å². The Bertz CT molecular complexity index is 250. The fraction of sp³-hybridized carbons (Fsp3) is 0.727. The fourth-order valence-electron chi connectivity index (χ4n) is 1.48. The molecule has 0 spiro atoms. The van der Waals surface area contributed by atoms with Crippen LogP contribution in [0.4, 0.5) is 0 Å². The molecule has 15 heavy (non-hydrogen) atoms. The van der Waals surface area contributed by atoms with E-state index in [2.05, 4.69) is 17.1 Å². The lowest BCUT2D eigenvalue weighted by Crippen LogP contribution is -2.40. The summed E-state index contributed by atoms with van der Waals surface area (Å²) < 4.78 is 0. The molecular formula is C11H21N3O. The first-order valence-corrected chi connectivity index (χ1v) is 5.38. The molecule has 1 aliphatic rings. The van der Waals surface area contributed by atoms with Gasteiger partial charge >= 0.3 is 0 Å². The lowest BCUT2D eigenvalue weighted by Gasteiger charge is -2.21. The monoisotopic (exact) mass is 211 g/mol. The normalized spacial score (nSPS) is 27.0. The zero-order chi connectivity index (χ0) is 11.4. The number of nitrogens with zero attached hydrogens (tertiary/aromatic N) is 1. The second kappa shape index (κ2) is 5.28. The molecule has 0 fully saturated rings. The molecule has 1 amide bonds. The Labute approximate surface area is 91.5 Å². The van der Waals surface area contributed by atoms with Gasteiger partial charge in [0.05, 0.1) is 5.92 Å². The van der Waals surface area contributed by atoms with Gasteiger partial charge in [0.1, 0.15) is 0 Å². The maximum atomic E-state index is 11.7. The molecule has 0 heterocycles. The van der Waals surface area contributed by atoms with Gasteiger partial charge in [-0.3, -0.25) is 4.79 Å². The van der Waals surface area contributed by atoms with Crippen molar-refractivity contribution in [3.8, 4) is 0 Å². The van der Waals surface area contributed by atoms with Crippen LogP contribution in [-0.2, 0) is 4.79 Å². The molecule has 0 aromatic carbocycles. The Kier molecular flexibility index (Phi) is 4.29. The first-order valence-electron chi connectivity index (χ1n) is 5.38. The molecule has 0 aromatic heterocycles. The van der Waals surface area contributed by atoms with Crippen molar-refractivity contribution < 1.29 is 4.79 Å². The highest BCUT2D eigenvalue weighted by atomic mass is 16.1. The van der Waals surface area contributed by atoms with Crippen molar-refractivity contribution in [1.82, 2.24) is 10.2 Å². The number of hydrogen-bond donors (Lipinski definition) is 2. The van der Waals surface area contributed by atoms with E-state index in [4.69, 9.17) is 5.73 Å². The van der Waals surface area contributed by atoms with Gasteiger partial charge < -0.3 is 16.0 Å². The number of rotatable bonds is 4. The van der Waals surface area contributed by atoms with Crippen LogP contribution in [0.1, 0.15) is 13.3 Å². The quantitative estimate of drug-likeness (QED) is 0.641. The number of likely N-dealkylation sites (N-methyl/N-ethyl adjacent to an activating group) is 1. The van der Waals surface area contributed by atoms with E-state index < -0.39 is 0 Å². The Balaban J connectivity index is 2.28. The summed E-state index contributed by atoms with van der Waals surface area (Å²) in [7, 11) is 4.00. The molecule has 3 N–H and O–H groups in total. The summed E-state index contributed by atoms with van der Waals surface area (Å²) >= 11 is 0. The maximum Gasteiger partial charge on any atom is 0.227 e. The molecule has 0 saturated heterocycles. The van der Waals surface area contributed by atoms with Gasteiger partial charge in [-0.2, -0.15) is 0 Å². The number of nitrogens with one attached hydrogen (secondary N) is 1. The molecule has 3 unspecified atom stereocenters. The molecule has 0 bridgehead atoms. The van der Waals surface area contributed by atoms with E-state index in [0.29, 0.717) is 12.6 Å². The van der Waals surface area contributed by atoms with Crippen LogP contribution in [0.3, 0.4) is 0 Å². The smallest absolute Gasteiger partial charge is 0.227 e. The van der Waals surface area contributed by atoms with Crippen molar-refractivity contribution in [2.24, 2.45) is 11.7 Å². The molecule has 86 valence electrons. The third kappa shape index (κ3) is 3.64. The molecular weight excluding hydrogens is 190 g/mol. The van der Waals surface area contributed by atoms with Gasteiger partial charge in [0.25, 0.3) is 0 Å². The van der Waals surface area contributed by atoms with Crippen molar-refractivity contribution in [2.45, 2.75) is 25.4 Å². The molecule has 1 rings (SSSR count). The van der Waals surface area contributed by atoms with E-state index in [1.54, 1.807) is 0 Å². The van der Waals surface area contributed by atoms with Crippen LogP contribution < -0.4 is 11.1 Å². The Morgan fingerprint density at radius 3 is 2.73 bits per heavy atom. The molecule has 0 radical (unpaired) electrons. The summed E-state index contributed by atoms with van der Waals surface area (Å²) in [6.45, 7) is 2.77. The second-order valence-corrected chi connectivity index (χ2v) is 4.45. The molecule has 4 nitrogen and oxygen atoms in total. The highest BCUT2D eigenvalue weighted by Gasteiger charge is 2.22. The van der Waals surface area contributed by atoms with Gasteiger partial charge in [0.2, 0.25) is 5.91 Å².